The number of ether oxygens (including phenoxy) is 1. The van der Waals surface area contributed by atoms with E-state index < -0.39 is 42.2 Å². The second-order valence-electron chi connectivity index (χ2n) is 9.69. The van der Waals surface area contributed by atoms with Crippen molar-refractivity contribution < 1.29 is 37.7 Å². The number of piperazine rings is 1. The van der Waals surface area contributed by atoms with Crippen molar-refractivity contribution in [1.29, 1.82) is 0 Å². The first-order chi connectivity index (χ1) is 20.9. The Labute approximate surface area is 250 Å². The van der Waals surface area contributed by atoms with Crippen molar-refractivity contribution in [3.05, 3.63) is 66.0 Å². The molecule has 3 heterocycles. The van der Waals surface area contributed by atoms with Crippen molar-refractivity contribution >= 4 is 40.6 Å². The number of carbonyl (C=O) groups is 2. The van der Waals surface area contributed by atoms with Crippen molar-refractivity contribution in [2.75, 3.05) is 55.8 Å². The van der Waals surface area contributed by atoms with Gasteiger partial charge < -0.3 is 35.8 Å². The number of hydrogen-bond acceptors (Lipinski definition) is 11. The molecule has 1 fully saturated rings. The Morgan fingerprint density at radius 3 is 2.45 bits per heavy atom. The van der Waals surface area contributed by atoms with Crippen LogP contribution in [0.25, 0.3) is 0 Å². The number of aromatic nitrogens is 3. The average molecular weight is 617 g/mol. The maximum atomic E-state index is 14.0. The zero-order chi connectivity index (χ0) is 32.0. The number of amides is 2. The molecule has 0 radical (unpaired) electrons. The van der Waals surface area contributed by atoms with Gasteiger partial charge in [0, 0.05) is 44.6 Å². The van der Waals surface area contributed by atoms with Gasteiger partial charge in [-0.3, -0.25) is 14.5 Å². The summed E-state index contributed by atoms with van der Waals surface area (Å²) in [5.74, 6) is -1.53. The molecule has 44 heavy (non-hydrogen) atoms. The van der Waals surface area contributed by atoms with Crippen LogP contribution < -0.4 is 20.7 Å². The van der Waals surface area contributed by atoms with Gasteiger partial charge >= 0.3 is 6.18 Å². The minimum atomic E-state index is -4.82. The first kappa shape index (κ1) is 32.1. The van der Waals surface area contributed by atoms with Gasteiger partial charge in [0.15, 0.2) is 0 Å². The van der Waals surface area contributed by atoms with Crippen molar-refractivity contribution in [3.8, 4) is 5.88 Å². The predicted molar refractivity (Wildman–Crippen MR) is 155 cm³/mol. The third-order valence-electron chi connectivity index (χ3n) is 6.81. The molecule has 0 saturated carbocycles. The van der Waals surface area contributed by atoms with Crippen LogP contribution in [0.3, 0.4) is 0 Å². The lowest BCUT2D eigenvalue weighted by molar-refractivity contribution is -0.138. The van der Waals surface area contributed by atoms with Crippen LogP contribution in [0.15, 0.2) is 49.3 Å². The first-order valence-electron chi connectivity index (χ1n) is 13.3. The fourth-order valence-electron chi connectivity index (χ4n) is 4.39. The van der Waals surface area contributed by atoms with Gasteiger partial charge in [0.25, 0.3) is 0 Å². The summed E-state index contributed by atoms with van der Waals surface area (Å²) in [4.78, 5) is 39.1. The second-order valence-corrected chi connectivity index (χ2v) is 9.69. The molecular formula is C28H31F3N8O5. The number of benzene rings is 1. The fourth-order valence-corrected chi connectivity index (χ4v) is 4.39. The summed E-state index contributed by atoms with van der Waals surface area (Å²) in [6.45, 7) is 5.71. The largest absolute Gasteiger partial charge is 0.481 e. The Morgan fingerprint density at radius 1 is 1.09 bits per heavy atom. The molecule has 2 aromatic heterocycles. The molecule has 234 valence electrons. The van der Waals surface area contributed by atoms with E-state index >= 15 is 0 Å². The van der Waals surface area contributed by atoms with E-state index in [1.165, 1.54) is 36.4 Å². The molecule has 1 atom stereocenters. The van der Waals surface area contributed by atoms with Crippen LogP contribution in [0.4, 0.5) is 42.0 Å². The van der Waals surface area contributed by atoms with Crippen molar-refractivity contribution in [2.45, 2.75) is 19.3 Å². The SMILES string of the molecule is C=CC(=O)Nc1cc(C(O)N2CCN(C(=O)CO)CC2)ccc1Nc1nc(Nc2cc(OC)ncc2C)ncc1C(F)(F)F. The lowest BCUT2D eigenvalue weighted by Crippen LogP contribution is -2.50. The molecule has 1 aliphatic heterocycles. The van der Waals surface area contributed by atoms with E-state index in [0.717, 1.165) is 6.08 Å². The lowest BCUT2D eigenvalue weighted by Gasteiger charge is -2.37. The fraction of sp³-hybridized carbons (Fsp3) is 0.321. The third kappa shape index (κ3) is 7.58. The van der Waals surface area contributed by atoms with E-state index in [4.69, 9.17) is 9.84 Å². The molecule has 13 nitrogen and oxygen atoms in total. The number of halogens is 3. The number of hydrogen-bond donors (Lipinski definition) is 5. The summed E-state index contributed by atoms with van der Waals surface area (Å²) in [6.07, 6.45) is -2.84. The minimum absolute atomic E-state index is 0.0476. The molecule has 16 heteroatoms. The molecule has 2 amide bonds. The van der Waals surface area contributed by atoms with Crippen LogP contribution in [0, 0.1) is 6.92 Å². The van der Waals surface area contributed by atoms with Crippen LogP contribution in [-0.2, 0) is 15.8 Å². The van der Waals surface area contributed by atoms with Crippen molar-refractivity contribution in [3.63, 3.8) is 0 Å². The first-order valence-corrected chi connectivity index (χ1v) is 13.3. The molecule has 0 spiro atoms. The van der Waals surface area contributed by atoms with E-state index in [9.17, 15) is 27.9 Å². The van der Waals surface area contributed by atoms with E-state index in [2.05, 4.69) is 37.5 Å². The molecule has 1 saturated heterocycles. The van der Waals surface area contributed by atoms with Gasteiger partial charge in [-0.05, 0) is 36.3 Å². The van der Waals surface area contributed by atoms with E-state index in [0.29, 0.717) is 36.1 Å². The Kier molecular flexibility index (Phi) is 9.97. The summed E-state index contributed by atoms with van der Waals surface area (Å²) in [5, 5.41) is 28.2. The average Bonchev–Trinajstić information content (AvgIpc) is 3.01. The van der Waals surface area contributed by atoms with Crippen LogP contribution >= 0.6 is 0 Å². The van der Waals surface area contributed by atoms with Gasteiger partial charge in [-0.15, -0.1) is 0 Å². The van der Waals surface area contributed by atoms with E-state index in [-0.39, 0.29) is 36.3 Å². The summed E-state index contributed by atoms with van der Waals surface area (Å²) in [7, 11) is 1.42. The molecule has 1 unspecified atom stereocenters. The van der Waals surface area contributed by atoms with Gasteiger partial charge in [-0.1, -0.05) is 12.6 Å². The zero-order valence-electron chi connectivity index (χ0n) is 23.9. The highest BCUT2D eigenvalue weighted by Gasteiger charge is 2.36. The van der Waals surface area contributed by atoms with Gasteiger partial charge in [0.05, 0.1) is 24.2 Å². The number of methoxy groups -OCH3 is 1. The normalized spacial score (nSPS) is 14.5. The molecule has 0 bridgehead atoms. The topological polar surface area (TPSA) is 165 Å². The summed E-state index contributed by atoms with van der Waals surface area (Å²) in [6, 6.07) is 5.85. The van der Waals surface area contributed by atoms with Crippen LogP contribution in [-0.4, -0.2) is 86.7 Å². The molecule has 1 aromatic carbocycles. The number of alkyl halides is 3. The Hall–Kier alpha value is -4.80. The van der Waals surface area contributed by atoms with Crippen LogP contribution in [0.2, 0.25) is 0 Å². The van der Waals surface area contributed by atoms with Gasteiger partial charge in [0.1, 0.15) is 24.2 Å². The smallest absolute Gasteiger partial charge is 0.421 e. The number of aliphatic hydroxyl groups is 2. The number of pyridine rings is 1. The monoisotopic (exact) mass is 616 g/mol. The zero-order valence-corrected chi connectivity index (χ0v) is 23.9. The molecule has 4 rings (SSSR count). The summed E-state index contributed by atoms with van der Waals surface area (Å²) < 4.78 is 47.1. The molecule has 1 aliphatic rings. The van der Waals surface area contributed by atoms with Gasteiger partial charge in [0.2, 0.25) is 23.6 Å². The number of aryl methyl sites for hydroxylation is 1. The minimum Gasteiger partial charge on any atom is -0.481 e. The maximum absolute atomic E-state index is 14.0. The highest BCUT2D eigenvalue weighted by Crippen LogP contribution is 2.38. The summed E-state index contributed by atoms with van der Waals surface area (Å²) in [5.41, 5.74) is 0.394. The number of nitrogens with one attached hydrogen (secondary N) is 3. The van der Waals surface area contributed by atoms with Crippen molar-refractivity contribution in [1.82, 2.24) is 24.8 Å². The van der Waals surface area contributed by atoms with Crippen LogP contribution in [0.5, 0.6) is 5.88 Å². The molecular weight excluding hydrogens is 585 g/mol. The van der Waals surface area contributed by atoms with E-state index in [1.54, 1.807) is 17.9 Å². The lowest BCUT2D eigenvalue weighted by atomic mass is 10.1. The molecule has 5 N–H and O–H groups in total. The molecule has 0 aliphatic carbocycles. The maximum Gasteiger partial charge on any atom is 0.421 e. The van der Waals surface area contributed by atoms with Crippen molar-refractivity contribution in [2.24, 2.45) is 0 Å². The quantitative estimate of drug-likeness (QED) is 0.213. The Bertz CT molecular complexity index is 1530. The Morgan fingerprint density at radius 2 is 1.82 bits per heavy atom. The summed E-state index contributed by atoms with van der Waals surface area (Å²) >= 11 is 0. The van der Waals surface area contributed by atoms with Gasteiger partial charge in [-0.25, -0.2) is 9.97 Å². The highest BCUT2D eigenvalue weighted by atomic mass is 19.4. The van der Waals surface area contributed by atoms with Crippen LogP contribution in [0.1, 0.15) is 22.9 Å². The number of anilines is 5. The Balaban J connectivity index is 1.65. The third-order valence-corrected chi connectivity index (χ3v) is 6.81. The highest BCUT2D eigenvalue weighted by molar-refractivity contribution is 6.01. The molecule has 3 aromatic rings. The number of nitrogens with zero attached hydrogens (tertiary/aromatic N) is 5. The van der Waals surface area contributed by atoms with E-state index in [1.807, 2.05) is 0 Å². The second kappa shape index (κ2) is 13.7. The number of rotatable bonds is 10. The number of carbonyl (C=O) groups excluding carboxylic acids is 2. The number of aliphatic hydroxyl groups excluding tert-OH is 2. The van der Waals surface area contributed by atoms with Gasteiger partial charge in [-0.2, -0.15) is 18.2 Å². The predicted octanol–water partition coefficient (Wildman–Crippen LogP) is 2.95. The standard InChI is InChI=1S/C28H31F3N8O5/c1-4-22(41)34-21-11-17(26(43)39-9-7-38(8-10-39)24(42)15-40)5-6-19(21)35-25-18(28(29,30)31)14-33-27(37-25)36-20-12-23(44-3)32-13-16(20)2/h4-6,11-14,26,40,43H,1,7-10,15H2,2-3H3,(H,34,41)(H2,32,33,35,36,37).